The fourth-order valence-electron chi connectivity index (χ4n) is 4.45. The van der Waals surface area contributed by atoms with Crippen LogP contribution in [0.5, 0.6) is 11.5 Å². The molecule has 38 heavy (non-hydrogen) atoms. The molecule has 0 saturated carbocycles. The number of amides is 1. The smallest absolute Gasteiger partial charge is 0.340 e. The van der Waals surface area contributed by atoms with Crippen LogP contribution in [0.4, 0.5) is 0 Å². The van der Waals surface area contributed by atoms with Gasteiger partial charge in [-0.2, -0.15) is 0 Å². The fourth-order valence-corrected chi connectivity index (χ4v) is 4.45. The van der Waals surface area contributed by atoms with Crippen LogP contribution in [0.1, 0.15) is 41.0 Å². The maximum Gasteiger partial charge on any atom is 0.340 e. The van der Waals surface area contributed by atoms with E-state index in [0.717, 1.165) is 33.5 Å². The van der Waals surface area contributed by atoms with Crippen molar-refractivity contribution in [2.75, 3.05) is 26.4 Å². The number of ether oxygens (including phenoxy) is 3. The number of nitrogens with zero attached hydrogens (tertiary/aromatic N) is 1. The molecule has 4 aromatic rings. The highest BCUT2D eigenvalue weighted by molar-refractivity contribution is 6.06. The highest BCUT2D eigenvalue weighted by Crippen LogP contribution is 2.31. The van der Waals surface area contributed by atoms with Gasteiger partial charge in [0.05, 0.1) is 18.8 Å². The van der Waals surface area contributed by atoms with Crippen LogP contribution in [-0.4, -0.2) is 42.8 Å². The second kappa shape index (κ2) is 12.8. The lowest BCUT2D eigenvalue weighted by molar-refractivity contribution is -0.123. The minimum Gasteiger partial charge on any atom is -0.494 e. The number of nitrogens with one attached hydrogen (secondary N) is 1. The fraction of sp³-hybridized carbons (Fsp3) is 0.290. The molecule has 0 saturated heterocycles. The molecule has 0 aliphatic carbocycles. The Morgan fingerprint density at radius 2 is 1.58 bits per heavy atom. The number of carbonyl (C=O) groups is 2. The van der Waals surface area contributed by atoms with Crippen LogP contribution in [0.3, 0.4) is 0 Å². The summed E-state index contributed by atoms with van der Waals surface area (Å²) in [6, 6.07) is 23.5. The van der Waals surface area contributed by atoms with Crippen molar-refractivity contribution in [2.45, 2.75) is 33.7 Å². The molecule has 1 heterocycles. The number of esters is 1. The molecule has 7 nitrogen and oxygen atoms in total. The molecule has 1 amide bonds. The van der Waals surface area contributed by atoms with E-state index in [2.05, 4.69) is 22.0 Å². The summed E-state index contributed by atoms with van der Waals surface area (Å²) in [5.41, 5.74) is 4.49. The molecule has 0 spiro atoms. The van der Waals surface area contributed by atoms with Gasteiger partial charge in [-0.1, -0.05) is 42.5 Å². The Bertz CT molecular complexity index is 1380. The number of hydrogen-bond donors (Lipinski definition) is 1. The summed E-state index contributed by atoms with van der Waals surface area (Å²) >= 11 is 0. The molecule has 3 aromatic carbocycles. The van der Waals surface area contributed by atoms with E-state index in [1.54, 1.807) is 6.92 Å². The first kappa shape index (κ1) is 26.8. The average molecular weight is 515 g/mol. The molecule has 0 bridgehead atoms. The van der Waals surface area contributed by atoms with Crippen LogP contribution in [-0.2, 0) is 22.5 Å². The minimum atomic E-state index is -0.369. The summed E-state index contributed by atoms with van der Waals surface area (Å²) in [5, 5.41) is 3.63. The monoisotopic (exact) mass is 514 g/mol. The molecule has 0 atom stereocenters. The van der Waals surface area contributed by atoms with Gasteiger partial charge in [-0.25, -0.2) is 4.79 Å². The molecule has 0 radical (unpaired) electrons. The van der Waals surface area contributed by atoms with E-state index in [1.165, 1.54) is 0 Å². The second-order valence-corrected chi connectivity index (χ2v) is 8.90. The summed E-state index contributed by atoms with van der Waals surface area (Å²) in [6.07, 6.45) is 0.710. The highest BCUT2D eigenvalue weighted by atomic mass is 16.5. The van der Waals surface area contributed by atoms with Gasteiger partial charge in [0.1, 0.15) is 11.5 Å². The van der Waals surface area contributed by atoms with E-state index in [1.807, 2.05) is 74.5 Å². The third kappa shape index (κ3) is 6.54. The Morgan fingerprint density at radius 1 is 0.842 bits per heavy atom. The number of aromatic nitrogens is 1. The molecule has 198 valence electrons. The van der Waals surface area contributed by atoms with Crippen molar-refractivity contribution in [3.05, 3.63) is 95.2 Å². The first-order chi connectivity index (χ1) is 18.5. The second-order valence-electron chi connectivity index (χ2n) is 8.90. The number of hydrogen-bond acceptors (Lipinski definition) is 5. The van der Waals surface area contributed by atoms with Crippen molar-refractivity contribution in [2.24, 2.45) is 0 Å². The highest BCUT2D eigenvalue weighted by Gasteiger charge is 2.22. The van der Waals surface area contributed by atoms with E-state index in [0.29, 0.717) is 37.4 Å². The van der Waals surface area contributed by atoms with Gasteiger partial charge in [0, 0.05) is 29.7 Å². The largest absolute Gasteiger partial charge is 0.494 e. The molecule has 0 fully saturated rings. The van der Waals surface area contributed by atoms with Crippen LogP contribution in [0.15, 0.2) is 72.8 Å². The van der Waals surface area contributed by atoms with Gasteiger partial charge in [0.2, 0.25) is 0 Å². The van der Waals surface area contributed by atoms with E-state index < -0.39 is 0 Å². The topological polar surface area (TPSA) is 78.8 Å². The lowest BCUT2D eigenvalue weighted by atomic mass is 10.1. The maximum absolute atomic E-state index is 12.9. The lowest BCUT2D eigenvalue weighted by Crippen LogP contribution is -2.30. The predicted molar refractivity (Wildman–Crippen MR) is 148 cm³/mol. The zero-order valence-electron chi connectivity index (χ0n) is 22.2. The zero-order chi connectivity index (χ0) is 26.9. The Kier molecular flexibility index (Phi) is 9.03. The van der Waals surface area contributed by atoms with Crippen molar-refractivity contribution < 1.29 is 23.8 Å². The van der Waals surface area contributed by atoms with E-state index >= 15 is 0 Å². The van der Waals surface area contributed by atoms with Gasteiger partial charge in [-0.3, -0.25) is 4.79 Å². The average Bonchev–Trinajstić information content (AvgIpc) is 3.19. The van der Waals surface area contributed by atoms with Gasteiger partial charge in [0.15, 0.2) is 6.61 Å². The Balaban J connectivity index is 1.43. The summed E-state index contributed by atoms with van der Waals surface area (Å²) in [5.74, 6) is 0.773. The Labute approximate surface area is 223 Å². The van der Waals surface area contributed by atoms with Gasteiger partial charge in [-0.05, 0) is 68.7 Å². The van der Waals surface area contributed by atoms with Crippen molar-refractivity contribution in [1.29, 1.82) is 0 Å². The molecule has 0 unspecified atom stereocenters. The van der Waals surface area contributed by atoms with Crippen LogP contribution in [0, 0.1) is 6.92 Å². The zero-order valence-corrected chi connectivity index (χ0v) is 22.2. The molecule has 0 aliphatic rings. The van der Waals surface area contributed by atoms with Crippen molar-refractivity contribution in [3.8, 4) is 11.5 Å². The van der Waals surface area contributed by atoms with Gasteiger partial charge < -0.3 is 24.1 Å². The Hall–Kier alpha value is -4.26. The summed E-state index contributed by atoms with van der Waals surface area (Å²) in [4.78, 5) is 25.3. The molecule has 4 rings (SSSR count). The number of carbonyl (C=O) groups excluding carboxylic acids is 2. The molecule has 1 aromatic heterocycles. The minimum absolute atomic E-state index is 0.118. The molecule has 7 heteroatoms. The summed E-state index contributed by atoms with van der Waals surface area (Å²) in [6.45, 7) is 7.60. The predicted octanol–water partition coefficient (Wildman–Crippen LogP) is 5.31. The van der Waals surface area contributed by atoms with Crippen LogP contribution >= 0.6 is 0 Å². The van der Waals surface area contributed by atoms with Crippen LogP contribution in [0.2, 0.25) is 0 Å². The van der Waals surface area contributed by atoms with Crippen LogP contribution < -0.4 is 14.8 Å². The first-order valence-corrected chi connectivity index (χ1v) is 12.9. The van der Waals surface area contributed by atoms with Crippen molar-refractivity contribution in [3.63, 3.8) is 0 Å². The third-order valence-electron chi connectivity index (χ3n) is 6.30. The molecule has 1 N–H and O–H groups in total. The van der Waals surface area contributed by atoms with Crippen molar-refractivity contribution in [1.82, 2.24) is 9.88 Å². The molecular formula is C31H34N2O5. The number of benzene rings is 3. The number of rotatable bonds is 12. The lowest BCUT2D eigenvalue weighted by Gasteiger charge is -2.10. The van der Waals surface area contributed by atoms with E-state index in [-0.39, 0.29) is 25.1 Å². The van der Waals surface area contributed by atoms with Gasteiger partial charge >= 0.3 is 5.97 Å². The molecular weight excluding hydrogens is 480 g/mol. The van der Waals surface area contributed by atoms with E-state index in [9.17, 15) is 9.59 Å². The molecule has 0 aliphatic heterocycles. The maximum atomic E-state index is 12.9. The third-order valence-corrected chi connectivity index (χ3v) is 6.30. The first-order valence-electron chi connectivity index (χ1n) is 12.9. The van der Waals surface area contributed by atoms with Gasteiger partial charge in [0.25, 0.3) is 5.91 Å². The summed E-state index contributed by atoms with van der Waals surface area (Å²) < 4.78 is 18.7. The van der Waals surface area contributed by atoms with Crippen LogP contribution in [0.25, 0.3) is 10.9 Å². The SMILES string of the molecule is CCOC(=O)c1c(C)n(Cc2ccccc2)c2ccc(OCC(=O)NCCc3ccc(OCC)cc3)cc12. The Morgan fingerprint density at radius 3 is 2.29 bits per heavy atom. The normalized spacial score (nSPS) is 10.8. The standard InChI is InChI=1S/C31H34N2O5/c1-4-36-25-13-11-23(12-14-25)17-18-32-29(34)21-38-26-15-16-28-27(19-26)30(31(35)37-5-2)22(3)33(28)20-24-9-7-6-8-10-24/h6-16,19H,4-5,17-18,20-21H2,1-3H3,(H,32,34). The quantitative estimate of drug-likeness (QED) is 0.259. The van der Waals surface area contributed by atoms with E-state index in [4.69, 9.17) is 14.2 Å². The van der Waals surface area contributed by atoms with Crippen molar-refractivity contribution >= 4 is 22.8 Å². The van der Waals surface area contributed by atoms with Gasteiger partial charge in [-0.15, -0.1) is 0 Å². The number of fused-ring (bicyclic) bond motifs is 1. The summed E-state index contributed by atoms with van der Waals surface area (Å²) in [7, 11) is 0.